The lowest BCUT2D eigenvalue weighted by atomic mass is 10.1. The van der Waals surface area contributed by atoms with Crippen LogP contribution < -0.4 is 0 Å². The Morgan fingerprint density at radius 2 is 1.88 bits per heavy atom. The van der Waals surface area contributed by atoms with Gasteiger partial charge < -0.3 is 0 Å². The van der Waals surface area contributed by atoms with Crippen LogP contribution in [-0.4, -0.2) is 29.7 Å². The van der Waals surface area contributed by atoms with Gasteiger partial charge >= 0.3 is 0 Å². The van der Waals surface area contributed by atoms with Gasteiger partial charge in [0, 0.05) is 35.5 Å². The van der Waals surface area contributed by atoms with Crippen molar-refractivity contribution >= 4 is 11.0 Å². The predicted octanol–water partition coefficient (Wildman–Crippen LogP) is 4.01. The van der Waals surface area contributed by atoms with Crippen LogP contribution in [0.4, 0.5) is 0 Å². The highest BCUT2D eigenvalue weighted by atomic mass is 15.4. The van der Waals surface area contributed by atoms with Gasteiger partial charge in [-0.25, -0.2) is 19.6 Å². The largest absolute Gasteiger partial charge is 0.264 e. The Balaban J connectivity index is 2.00. The summed E-state index contributed by atoms with van der Waals surface area (Å²) in [6, 6.07) is 7.98. The summed E-state index contributed by atoms with van der Waals surface area (Å²) in [5, 5.41) is 5.76. The van der Waals surface area contributed by atoms with Crippen molar-refractivity contribution in [1.82, 2.24) is 29.7 Å². The van der Waals surface area contributed by atoms with E-state index in [1.54, 1.807) is 12.4 Å². The molecule has 0 radical (unpaired) electrons. The monoisotopic (exact) mass is 344 g/mol. The number of rotatable bonds is 3. The van der Waals surface area contributed by atoms with E-state index in [0.29, 0.717) is 0 Å². The van der Waals surface area contributed by atoms with E-state index < -0.39 is 0 Å². The lowest BCUT2D eigenvalue weighted by Crippen LogP contribution is -2.04. The van der Waals surface area contributed by atoms with Crippen molar-refractivity contribution < 1.29 is 0 Å². The van der Waals surface area contributed by atoms with Gasteiger partial charge in [0.25, 0.3) is 0 Å². The van der Waals surface area contributed by atoms with Crippen molar-refractivity contribution in [3.8, 4) is 17.1 Å². The molecule has 0 spiro atoms. The summed E-state index contributed by atoms with van der Waals surface area (Å²) in [6.45, 7) is 8.20. The Morgan fingerprint density at radius 1 is 1.04 bits per heavy atom. The smallest absolute Gasteiger partial charge is 0.165 e. The van der Waals surface area contributed by atoms with E-state index in [1.807, 2.05) is 42.9 Å². The van der Waals surface area contributed by atoms with Gasteiger partial charge in [-0.05, 0) is 43.7 Å². The zero-order valence-electron chi connectivity index (χ0n) is 15.3. The third-order valence-corrected chi connectivity index (χ3v) is 4.38. The van der Waals surface area contributed by atoms with Crippen molar-refractivity contribution in [1.29, 1.82) is 0 Å². The maximum atomic E-state index is 4.84. The molecule has 4 aromatic heterocycles. The minimum Gasteiger partial charge on any atom is -0.264 e. The zero-order valence-corrected chi connectivity index (χ0v) is 15.3. The summed E-state index contributed by atoms with van der Waals surface area (Å²) < 4.78 is 1.90. The molecule has 0 fully saturated rings. The van der Waals surface area contributed by atoms with Gasteiger partial charge in [-0.3, -0.25) is 4.98 Å². The molecule has 0 bridgehead atoms. The topological polar surface area (TPSA) is 69.4 Å². The molecule has 0 N–H and O–H groups in total. The molecule has 6 nitrogen and oxygen atoms in total. The number of aryl methyl sites for hydroxylation is 2. The van der Waals surface area contributed by atoms with Gasteiger partial charge in [0.2, 0.25) is 0 Å². The normalized spacial score (nSPS) is 11.4. The Hall–Kier alpha value is -3.15. The number of nitrogens with zero attached hydrogens (tertiary/aromatic N) is 6. The molecule has 0 aliphatic heterocycles. The fourth-order valence-electron chi connectivity index (χ4n) is 2.94. The van der Waals surface area contributed by atoms with Crippen molar-refractivity contribution in [2.75, 3.05) is 0 Å². The molecule has 0 aliphatic rings. The number of pyridine rings is 3. The third kappa shape index (κ3) is 2.73. The second-order valence-electron chi connectivity index (χ2n) is 6.69. The summed E-state index contributed by atoms with van der Waals surface area (Å²) in [7, 11) is 0. The summed E-state index contributed by atoms with van der Waals surface area (Å²) in [4.78, 5) is 18.0. The van der Waals surface area contributed by atoms with E-state index in [2.05, 4.69) is 34.9 Å². The van der Waals surface area contributed by atoms with Crippen LogP contribution in [0.3, 0.4) is 0 Å². The number of fused-ring (bicyclic) bond motifs is 1. The Bertz CT molecular complexity index is 1100. The van der Waals surface area contributed by atoms with Gasteiger partial charge in [0.15, 0.2) is 17.3 Å². The minimum absolute atomic E-state index is 0.229. The van der Waals surface area contributed by atoms with E-state index in [0.717, 1.165) is 45.2 Å². The van der Waals surface area contributed by atoms with Crippen LogP contribution in [0.15, 0.2) is 42.9 Å². The number of aromatic nitrogens is 6. The highest BCUT2D eigenvalue weighted by molar-refractivity contribution is 5.81. The second kappa shape index (κ2) is 6.29. The van der Waals surface area contributed by atoms with Gasteiger partial charge in [-0.1, -0.05) is 13.8 Å². The summed E-state index contributed by atoms with van der Waals surface area (Å²) >= 11 is 0. The van der Waals surface area contributed by atoms with Crippen molar-refractivity contribution in [2.24, 2.45) is 0 Å². The number of hydrogen-bond acceptors (Lipinski definition) is 5. The molecule has 0 saturated carbocycles. The molecule has 0 atom stereocenters. The molecule has 0 unspecified atom stereocenters. The lowest BCUT2D eigenvalue weighted by Gasteiger charge is -2.10. The van der Waals surface area contributed by atoms with Gasteiger partial charge in [0.05, 0.1) is 11.4 Å². The van der Waals surface area contributed by atoms with Crippen molar-refractivity contribution in [3.63, 3.8) is 0 Å². The highest BCUT2D eigenvalue weighted by Gasteiger charge is 2.19. The molecule has 0 aromatic carbocycles. The number of hydrogen-bond donors (Lipinski definition) is 0. The summed E-state index contributed by atoms with van der Waals surface area (Å²) in [5.74, 6) is 1.83. The fraction of sp³-hybridized carbons (Fsp3) is 0.250. The van der Waals surface area contributed by atoms with Gasteiger partial charge in [-0.15, -0.1) is 0 Å². The first-order valence-electron chi connectivity index (χ1n) is 8.65. The standard InChI is InChI=1S/C20H20N6/c1-12(2)18-24-20(26(25-18)17-7-9-21-11-13(17)3)16-10-15-6-5-8-22-19(15)23-14(16)4/h5-12H,1-4H3. The first-order valence-corrected chi connectivity index (χ1v) is 8.65. The van der Waals surface area contributed by atoms with Gasteiger partial charge in [0.1, 0.15) is 0 Å². The Kier molecular flexibility index (Phi) is 3.95. The van der Waals surface area contributed by atoms with Crippen molar-refractivity contribution in [3.05, 3.63) is 59.9 Å². The molecule has 6 heteroatoms. The van der Waals surface area contributed by atoms with E-state index in [4.69, 9.17) is 10.1 Å². The van der Waals surface area contributed by atoms with Crippen LogP contribution >= 0.6 is 0 Å². The molecule has 26 heavy (non-hydrogen) atoms. The summed E-state index contributed by atoms with van der Waals surface area (Å²) in [5.41, 5.74) is 4.60. The maximum absolute atomic E-state index is 4.84. The van der Waals surface area contributed by atoms with E-state index in [1.165, 1.54) is 0 Å². The molecule has 4 aromatic rings. The quantitative estimate of drug-likeness (QED) is 0.561. The van der Waals surface area contributed by atoms with Crippen LogP contribution in [-0.2, 0) is 0 Å². The molecule has 0 amide bonds. The molecule has 4 heterocycles. The Morgan fingerprint density at radius 3 is 2.65 bits per heavy atom. The van der Waals surface area contributed by atoms with E-state index in [-0.39, 0.29) is 5.92 Å². The predicted molar refractivity (Wildman–Crippen MR) is 101 cm³/mol. The van der Waals surface area contributed by atoms with E-state index >= 15 is 0 Å². The van der Waals surface area contributed by atoms with Crippen LogP contribution in [0.2, 0.25) is 0 Å². The minimum atomic E-state index is 0.229. The van der Waals surface area contributed by atoms with Crippen LogP contribution in [0.25, 0.3) is 28.1 Å². The van der Waals surface area contributed by atoms with Crippen molar-refractivity contribution in [2.45, 2.75) is 33.6 Å². The molecular formula is C20H20N6. The molecule has 0 aliphatic carbocycles. The van der Waals surface area contributed by atoms with Crippen LogP contribution in [0.5, 0.6) is 0 Å². The van der Waals surface area contributed by atoms with Crippen LogP contribution in [0.1, 0.15) is 36.8 Å². The fourth-order valence-corrected chi connectivity index (χ4v) is 2.94. The maximum Gasteiger partial charge on any atom is 0.165 e. The lowest BCUT2D eigenvalue weighted by molar-refractivity contribution is 0.752. The summed E-state index contributed by atoms with van der Waals surface area (Å²) in [6.07, 6.45) is 5.37. The average Bonchev–Trinajstić information content (AvgIpc) is 3.06. The first-order chi connectivity index (χ1) is 12.5. The third-order valence-electron chi connectivity index (χ3n) is 4.38. The second-order valence-corrected chi connectivity index (χ2v) is 6.69. The average molecular weight is 344 g/mol. The Labute approximate surface area is 152 Å². The molecule has 4 rings (SSSR count). The van der Waals surface area contributed by atoms with Crippen LogP contribution in [0, 0.1) is 13.8 Å². The highest BCUT2D eigenvalue weighted by Crippen LogP contribution is 2.28. The SMILES string of the molecule is Cc1cnccc1-n1nc(C(C)C)nc1-c1cc2cccnc2nc1C. The zero-order chi connectivity index (χ0) is 18.3. The molecule has 0 saturated heterocycles. The van der Waals surface area contributed by atoms with E-state index in [9.17, 15) is 0 Å². The molecular weight excluding hydrogens is 324 g/mol. The molecule has 130 valence electrons. The first kappa shape index (κ1) is 16.3. The van der Waals surface area contributed by atoms with Gasteiger partial charge in [-0.2, -0.15) is 5.10 Å².